The number of rotatable bonds is 4. The summed E-state index contributed by atoms with van der Waals surface area (Å²) < 4.78 is 0. The molecule has 0 aromatic rings. The number of likely N-dealkylation sites (tertiary alicyclic amines) is 1. The lowest BCUT2D eigenvalue weighted by atomic mass is 9.96. The maximum atomic E-state index is 12.2. The predicted molar refractivity (Wildman–Crippen MR) is 65.0 cm³/mol. The van der Waals surface area contributed by atoms with E-state index in [0.717, 1.165) is 25.8 Å². The van der Waals surface area contributed by atoms with E-state index in [4.69, 9.17) is 0 Å². The Kier molecular flexibility index (Phi) is 4.78. The van der Waals surface area contributed by atoms with E-state index >= 15 is 0 Å². The zero-order chi connectivity index (χ0) is 12.3. The molecule has 0 saturated carbocycles. The van der Waals surface area contributed by atoms with Gasteiger partial charge in [-0.05, 0) is 32.1 Å². The highest BCUT2D eigenvalue weighted by Gasteiger charge is 2.32. The Labute approximate surface area is 98.8 Å². The first-order chi connectivity index (χ1) is 7.43. The molecule has 0 spiro atoms. The van der Waals surface area contributed by atoms with Gasteiger partial charge in [0.05, 0.1) is 6.10 Å². The third kappa shape index (κ3) is 3.21. The van der Waals surface area contributed by atoms with E-state index in [0.29, 0.717) is 5.92 Å². The molecule has 0 aliphatic carbocycles. The molecule has 94 valence electrons. The summed E-state index contributed by atoms with van der Waals surface area (Å²) in [5.41, 5.74) is 0. The fraction of sp³-hybridized carbons (Fsp3) is 0.923. The van der Waals surface area contributed by atoms with Crippen LogP contribution < -0.4 is 0 Å². The molecule has 1 fully saturated rings. The smallest absolute Gasteiger partial charge is 0.225 e. The van der Waals surface area contributed by atoms with Gasteiger partial charge < -0.3 is 10.0 Å². The minimum Gasteiger partial charge on any atom is -0.393 e. The summed E-state index contributed by atoms with van der Waals surface area (Å²) in [6.07, 6.45) is 2.53. The molecular weight excluding hydrogens is 202 g/mol. The van der Waals surface area contributed by atoms with E-state index in [9.17, 15) is 9.90 Å². The second-order valence-corrected chi connectivity index (χ2v) is 5.45. The minimum atomic E-state index is -0.312. The first-order valence-corrected chi connectivity index (χ1v) is 6.42. The molecule has 3 heteroatoms. The van der Waals surface area contributed by atoms with Gasteiger partial charge in [0, 0.05) is 18.5 Å². The highest BCUT2D eigenvalue weighted by molar-refractivity contribution is 5.79. The number of amides is 1. The van der Waals surface area contributed by atoms with Crippen LogP contribution in [0.25, 0.3) is 0 Å². The molecule has 0 radical (unpaired) electrons. The molecule has 3 nitrogen and oxygen atoms in total. The molecule has 1 N–H and O–H groups in total. The van der Waals surface area contributed by atoms with Crippen molar-refractivity contribution in [2.75, 3.05) is 6.54 Å². The Morgan fingerprint density at radius 1 is 1.38 bits per heavy atom. The van der Waals surface area contributed by atoms with E-state index in [1.54, 1.807) is 6.92 Å². The average Bonchev–Trinajstić information content (AvgIpc) is 2.62. The van der Waals surface area contributed by atoms with Gasteiger partial charge >= 0.3 is 0 Å². The lowest BCUT2D eigenvalue weighted by Crippen LogP contribution is -2.41. The van der Waals surface area contributed by atoms with Crippen molar-refractivity contribution < 1.29 is 9.90 Å². The predicted octanol–water partition coefficient (Wildman–Crippen LogP) is 2.04. The summed E-state index contributed by atoms with van der Waals surface area (Å²) in [6, 6.07) is 0.258. The third-order valence-electron chi connectivity index (χ3n) is 3.66. The van der Waals surface area contributed by atoms with E-state index in [1.807, 2.05) is 11.8 Å². The molecule has 16 heavy (non-hydrogen) atoms. The first kappa shape index (κ1) is 13.5. The Balaban J connectivity index is 2.60. The molecule has 1 heterocycles. The van der Waals surface area contributed by atoms with Crippen LogP contribution in [0.5, 0.6) is 0 Å². The third-order valence-corrected chi connectivity index (χ3v) is 3.66. The summed E-state index contributed by atoms with van der Waals surface area (Å²) in [6.45, 7) is 8.84. The van der Waals surface area contributed by atoms with Gasteiger partial charge in [0.2, 0.25) is 5.91 Å². The van der Waals surface area contributed by atoms with Crippen molar-refractivity contribution in [1.82, 2.24) is 4.90 Å². The van der Waals surface area contributed by atoms with Gasteiger partial charge in [-0.15, -0.1) is 0 Å². The summed E-state index contributed by atoms with van der Waals surface area (Å²) in [5.74, 6) is 0.744. The summed E-state index contributed by atoms with van der Waals surface area (Å²) in [4.78, 5) is 14.2. The van der Waals surface area contributed by atoms with Crippen molar-refractivity contribution in [3.63, 3.8) is 0 Å². The van der Waals surface area contributed by atoms with Crippen LogP contribution in [0.1, 0.15) is 47.0 Å². The first-order valence-electron chi connectivity index (χ1n) is 6.42. The lowest BCUT2D eigenvalue weighted by Gasteiger charge is -2.29. The van der Waals surface area contributed by atoms with Gasteiger partial charge in [-0.25, -0.2) is 0 Å². The molecule has 3 atom stereocenters. The Bertz CT molecular complexity index is 238. The zero-order valence-corrected chi connectivity index (χ0v) is 10.9. The molecule has 0 bridgehead atoms. The number of carbonyl (C=O) groups excluding carboxylic acids is 1. The van der Waals surface area contributed by atoms with Gasteiger partial charge in [-0.2, -0.15) is 0 Å². The Hall–Kier alpha value is -0.570. The van der Waals surface area contributed by atoms with Crippen LogP contribution in [0, 0.1) is 11.8 Å². The van der Waals surface area contributed by atoms with E-state index in [1.165, 1.54) is 0 Å². The van der Waals surface area contributed by atoms with Crippen LogP contribution in [-0.2, 0) is 4.79 Å². The highest BCUT2D eigenvalue weighted by Crippen LogP contribution is 2.25. The van der Waals surface area contributed by atoms with Crippen LogP contribution in [0.4, 0.5) is 0 Å². The summed E-state index contributed by atoms with van der Waals surface area (Å²) in [5, 5.41) is 9.42. The topological polar surface area (TPSA) is 40.5 Å². The average molecular weight is 227 g/mol. The van der Waals surface area contributed by atoms with Gasteiger partial charge in [0.25, 0.3) is 0 Å². The van der Waals surface area contributed by atoms with Crippen molar-refractivity contribution in [1.29, 1.82) is 0 Å². The molecule has 0 aromatic heterocycles. The van der Waals surface area contributed by atoms with Crippen molar-refractivity contribution in [3.05, 3.63) is 0 Å². The number of aliphatic hydroxyl groups is 1. The second-order valence-electron chi connectivity index (χ2n) is 5.45. The molecule has 1 amide bonds. The van der Waals surface area contributed by atoms with Crippen molar-refractivity contribution in [2.45, 2.75) is 59.1 Å². The van der Waals surface area contributed by atoms with E-state index in [2.05, 4.69) is 13.8 Å². The molecule has 3 unspecified atom stereocenters. The monoisotopic (exact) mass is 227 g/mol. The largest absolute Gasteiger partial charge is 0.393 e. The van der Waals surface area contributed by atoms with Gasteiger partial charge in [-0.1, -0.05) is 20.8 Å². The Morgan fingerprint density at radius 3 is 2.50 bits per heavy atom. The van der Waals surface area contributed by atoms with E-state index < -0.39 is 0 Å². The summed E-state index contributed by atoms with van der Waals surface area (Å²) in [7, 11) is 0. The van der Waals surface area contributed by atoms with Crippen LogP contribution in [0.2, 0.25) is 0 Å². The molecule has 0 aromatic carbocycles. The molecular formula is C13H25NO2. The van der Waals surface area contributed by atoms with Crippen LogP contribution >= 0.6 is 0 Å². The number of hydrogen-bond acceptors (Lipinski definition) is 2. The van der Waals surface area contributed by atoms with Gasteiger partial charge in [-0.3, -0.25) is 4.79 Å². The number of aliphatic hydroxyl groups excluding tert-OH is 1. The van der Waals surface area contributed by atoms with Crippen LogP contribution in [0.15, 0.2) is 0 Å². The summed E-state index contributed by atoms with van der Waals surface area (Å²) >= 11 is 0. The molecule has 1 rings (SSSR count). The normalized spacial score (nSPS) is 24.9. The molecule has 1 saturated heterocycles. The fourth-order valence-corrected chi connectivity index (χ4v) is 2.31. The van der Waals surface area contributed by atoms with Crippen molar-refractivity contribution in [3.8, 4) is 0 Å². The number of carbonyl (C=O) groups is 1. The minimum absolute atomic E-state index is 0.0922. The maximum Gasteiger partial charge on any atom is 0.225 e. The fourth-order valence-electron chi connectivity index (χ4n) is 2.31. The van der Waals surface area contributed by atoms with Crippen molar-refractivity contribution in [2.24, 2.45) is 11.8 Å². The molecule has 1 aliphatic rings. The van der Waals surface area contributed by atoms with E-state index in [-0.39, 0.29) is 24.0 Å². The quantitative estimate of drug-likeness (QED) is 0.798. The van der Waals surface area contributed by atoms with Crippen LogP contribution in [0.3, 0.4) is 0 Å². The van der Waals surface area contributed by atoms with Gasteiger partial charge in [0.15, 0.2) is 0 Å². The second kappa shape index (κ2) is 5.67. The number of hydrogen-bond donors (Lipinski definition) is 1. The van der Waals surface area contributed by atoms with Crippen LogP contribution in [-0.4, -0.2) is 34.6 Å². The standard InChI is InChI=1S/C13H25NO2/c1-9(2)11(4)13(16)14-7-5-6-12(14)8-10(3)15/h9-12,15H,5-8H2,1-4H3. The molecule has 1 aliphatic heterocycles. The lowest BCUT2D eigenvalue weighted by molar-refractivity contribution is -0.137. The Morgan fingerprint density at radius 2 is 2.00 bits per heavy atom. The maximum absolute atomic E-state index is 12.2. The number of nitrogens with zero attached hydrogens (tertiary/aromatic N) is 1. The highest BCUT2D eigenvalue weighted by atomic mass is 16.3. The SMILES string of the molecule is CC(O)CC1CCCN1C(=O)C(C)C(C)C. The van der Waals surface area contributed by atoms with Crippen molar-refractivity contribution >= 4 is 5.91 Å². The van der Waals surface area contributed by atoms with Gasteiger partial charge in [0.1, 0.15) is 0 Å². The zero-order valence-electron chi connectivity index (χ0n) is 10.9.